The molecule has 2 fully saturated rings. The molecule has 0 amide bonds. The van der Waals surface area contributed by atoms with Crippen molar-refractivity contribution in [2.24, 2.45) is 0 Å². The van der Waals surface area contributed by atoms with E-state index in [1.54, 1.807) is 0 Å². The third-order valence-electron chi connectivity index (χ3n) is 6.71. The summed E-state index contributed by atoms with van der Waals surface area (Å²) in [6, 6.07) is 27.0. The largest absolute Gasteiger partial charge is 0.392 e. The maximum absolute atomic E-state index is 9.09. The lowest BCUT2D eigenvalue weighted by Crippen LogP contribution is -2.45. The van der Waals surface area contributed by atoms with E-state index >= 15 is 0 Å². The van der Waals surface area contributed by atoms with Crippen LogP contribution in [0.25, 0.3) is 0 Å². The number of hydrogen-bond acceptors (Lipinski definition) is 6. The van der Waals surface area contributed by atoms with Gasteiger partial charge in [0, 0.05) is 70.3 Å². The molecule has 35 heavy (non-hydrogen) atoms. The van der Waals surface area contributed by atoms with E-state index in [0.29, 0.717) is 0 Å². The lowest BCUT2D eigenvalue weighted by Gasteiger charge is -2.36. The number of aliphatic hydroxyl groups is 2. The Morgan fingerprint density at radius 3 is 1.51 bits per heavy atom. The molecule has 0 unspecified atom stereocenters. The van der Waals surface area contributed by atoms with Crippen LogP contribution in [0.3, 0.4) is 0 Å². The molecule has 2 saturated heterocycles. The monoisotopic (exact) mass is 474 g/mol. The number of hydrogen-bond donors (Lipinski definition) is 3. The number of nitrogens with zero attached hydrogens (tertiary/aromatic N) is 3. The van der Waals surface area contributed by atoms with E-state index in [9.17, 15) is 0 Å². The molecule has 3 aromatic rings. The van der Waals surface area contributed by atoms with Gasteiger partial charge in [0.2, 0.25) is 0 Å². The topological polar surface area (TPSA) is 62.2 Å². The highest BCUT2D eigenvalue weighted by Gasteiger charge is 2.17. The minimum absolute atomic E-state index is 0.116. The molecular weight excluding hydrogens is 436 g/mol. The predicted octanol–water partition coefficient (Wildman–Crippen LogP) is 3.09. The first-order chi connectivity index (χ1) is 17.2. The number of aliphatic hydroxyl groups excluding tert-OH is 2. The first kappa shape index (κ1) is 25.2. The molecule has 0 radical (unpaired) electrons. The van der Waals surface area contributed by atoms with Crippen LogP contribution in [0.15, 0.2) is 78.9 Å². The fraction of sp³-hybridized carbons (Fsp3) is 0.379. The van der Waals surface area contributed by atoms with Gasteiger partial charge < -0.3 is 25.3 Å². The van der Waals surface area contributed by atoms with E-state index in [1.807, 2.05) is 24.3 Å². The lowest BCUT2D eigenvalue weighted by molar-refractivity contribution is 0.250. The normalized spacial score (nSPS) is 16.5. The number of anilines is 2. The van der Waals surface area contributed by atoms with Crippen LogP contribution in [0.5, 0.6) is 0 Å². The van der Waals surface area contributed by atoms with Crippen LogP contribution >= 0.6 is 0 Å². The highest BCUT2D eigenvalue weighted by molar-refractivity contribution is 5.48. The lowest BCUT2D eigenvalue weighted by atomic mass is 10.1. The summed E-state index contributed by atoms with van der Waals surface area (Å²) in [5.41, 5.74) is 5.85. The van der Waals surface area contributed by atoms with Crippen molar-refractivity contribution in [2.75, 3.05) is 62.2 Å². The zero-order chi connectivity index (χ0) is 24.3. The fourth-order valence-electron chi connectivity index (χ4n) is 4.55. The molecule has 0 saturated carbocycles. The summed E-state index contributed by atoms with van der Waals surface area (Å²) in [6.07, 6.45) is 0. The third kappa shape index (κ3) is 7.54. The van der Waals surface area contributed by atoms with Gasteiger partial charge in [-0.25, -0.2) is 0 Å². The quantitative estimate of drug-likeness (QED) is 0.511. The second-order valence-corrected chi connectivity index (χ2v) is 9.13. The van der Waals surface area contributed by atoms with E-state index in [1.165, 1.54) is 16.9 Å². The van der Waals surface area contributed by atoms with E-state index in [4.69, 9.17) is 10.2 Å². The summed E-state index contributed by atoms with van der Waals surface area (Å²) in [7, 11) is 0. The molecule has 6 nitrogen and oxygen atoms in total. The van der Waals surface area contributed by atoms with Crippen molar-refractivity contribution in [2.45, 2.75) is 19.8 Å². The molecular formula is C29H38N4O2. The van der Waals surface area contributed by atoms with Crippen molar-refractivity contribution in [1.82, 2.24) is 10.2 Å². The van der Waals surface area contributed by atoms with Crippen molar-refractivity contribution < 1.29 is 10.2 Å². The van der Waals surface area contributed by atoms with Crippen molar-refractivity contribution >= 4 is 11.4 Å². The zero-order valence-corrected chi connectivity index (χ0v) is 20.5. The summed E-state index contributed by atoms with van der Waals surface area (Å²) >= 11 is 0. The minimum Gasteiger partial charge on any atom is -0.392 e. The predicted molar refractivity (Wildman–Crippen MR) is 144 cm³/mol. The van der Waals surface area contributed by atoms with Crippen molar-refractivity contribution in [3.8, 4) is 0 Å². The Balaban J connectivity index is 0.000000179. The molecule has 5 rings (SSSR count). The standard InChI is InChI=1S/C18H22N2O.C11H16N2O/c21-15-17-6-8-18(9-7-17)20-12-10-19(11-13-20)14-16-4-2-1-3-5-16;14-9-10-1-3-11(4-2-10)13-7-5-12-6-8-13/h1-9,21H,10-15H2;1-4,12,14H,5-9H2. The number of piperazine rings is 2. The average Bonchev–Trinajstić information content (AvgIpc) is 2.95. The molecule has 0 aliphatic carbocycles. The number of benzene rings is 3. The maximum atomic E-state index is 9.09. The smallest absolute Gasteiger partial charge is 0.0681 e. The molecule has 2 aliphatic heterocycles. The summed E-state index contributed by atoms with van der Waals surface area (Å²) in [6.45, 7) is 9.84. The molecule has 0 aromatic heterocycles. The maximum Gasteiger partial charge on any atom is 0.0681 e. The molecule has 6 heteroatoms. The fourth-order valence-corrected chi connectivity index (χ4v) is 4.55. The highest BCUT2D eigenvalue weighted by atomic mass is 16.3. The van der Waals surface area contributed by atoms with Gasteiger partial charge in [0.05, 0.1) is 13.2 Å². The van der Waals surface area contributed by atoms with Gasteiger partial charge >= 0.3 is 0 Å². The summed E-state index contributed by atoms with van der Waals surface area (Å²) in [5.74, 6) is 0. The van der Waals surface area contributed by atoms with Gasteiger partial charge in [-0.1, -0.05) is 54.6 Å². The Kier molecular flexibility index (Phi) is 9.55. The molecule has 3 aromatic carbocycles. The van der Waals surface area contributed by atoms with E-state index in [-0.39, 0.29) is 13.2 Å². The van der Waals surface area contributed by atoms with Crippen LogP contribution in [0.2, 0.25) is 0 Å². The Bertz CT molecular complexity index is 981. The zero-order valence-electron chi connectivity index (χ0n) is 20.5. The molecule has 0 spiro atoms. The second kappa shape index (κ2) is 13.3. The Labute approximate surface area is 209 Å². The molecule has 0 atom stereocenters. The van der Waals surface area contributed by atoms with Crippen molar-refractivity contribution in [3.63, 3.8) is 0 Å². The third-order valence-corrected chi connectivity index (χ3v) is 6.71. The van der Waals surface area contributed by atoms with Crippen LogP contribution in [-0.4, -0.2) is 67.5 Å². The van der Waals surface area contributed by atoms with Crippen LogP contribution in [0, 0.1) is 0 Å². The van der Waals surface area contributed by atoms with Crippen LogP contribution in [0.4, 0.5) is 11.4 Å². The first-order valence-electron chi connectivity index (χ1n) is 12.6. The second-order valence-electron chi connectivity index (χ2n) is 9.13. The number of rotatable bonds is 6. The van der Waals surface area contributed by atoms with Gasteiger partial charge in [0.25, 0.3) is 0 Å². The van der Waals surface area contributed by atoms with Crippen LogP contribution < -0.4 is 15.1 Å². The van der Waals surface area contributed by atoms with Crippen LogP contribution in [0.1, 0.15) is 16.7 Å². The first-order valence-corrected chi connectivity index (χ1v) is 12.6. The van der Waals surface area contributed by atoms with E-state index < -0.39 is 0 Å². The Hall–Kier alpha value is -2.90. The average molecular weight is 475 g/mol. The van der Waals surface area contributed by atoms with E-state index in [2.05, 4.69) is 74.6 Å². The highest BCUT2D eigenvalue weighted by Crippen LogP contribution is 2.18. The van der Waals surface area contributed by atoms with Gasteiger partial charge in [-0.2, -0.15) is 0 Å². The van der Waals surface area contributed by atoms with Gasteiger partial charge in [-0.3, -0.25) is 4.90 Å². The molecule has 3 N–H and O–H groups in total. The molecule has 186 valence electrons. The van der Waals surface area contributed by atoms with Gasteiger partial charge in [0.1, 0.15) is 0 Å². The van der Waals surface area contributed by atoms with Gasteiger partial charge in [-0.05, 0) is 41.0 Å². The molecule has 2 heterocycles. The summed E-state index contributed by atoms with van der Waals surface area (Å²) < 4.78 is 0. The van der Waals surface area contributed by atoms with Gasteiger partial charge in [-0.15, -0.1) is 0 Å². The molecule has 2 aliphatic rings. The molecule has 0 bridgehead atoms. The van der Waals surface area contributed by atoms with Crippen molar-refractivity contribution in [3.05, 3.63) is 95.6 Å². The van der Waals surface area contributed by atoms with Gasteiger partial charge in [0.15, 0.2) is 0 Å². The Morgan fingerprint density at radius 1 is 0.543 bits per heavy atom. The SMILES string of the molecule is OCc1ccc(N2CCN(Cc3ccccc3)CC2)cc1.OCc1ccc(N2CCNCC2)cc1. The summed E-state index contributed by atoms with van der Waals surface area (Å²) in [5, 5.41) is 21.3. The van der Waals surface area contributed by atoms with Crippen molar-refractivity contribution in [1.29, 1.82) is 0 Å². The van der Waals surface area contributed by atoms with Crippen LogP contribution in [-0.2, 0) is 19.8 Å². The number of nitrogens with one attached hydrogen (secondary N) is 1. The van der Waals surface area contributed by atoms with E-state index in [0.717, 1.165) is 70.0 Å². The Morgan fingerprint density at radius 2 is 1.03 bits per heavy atom. The summed E-state index contributed by atoms with van der Waals surface area (Å²) in [4.78, 5) is 7.29. The minimum atomic E-state index is 0.116.